The first kappa shape index (κ1) is 15.0. The van der Waals surface area contributed by atoms with E-state index in [-0.39, 0.29) is 5.91 Å². The van der Waals surface area contributed by atoms with E-state index in [2.05, 4.69) is 22.2 Å². The molecule has 0 atom stereocenters. The number of hydrogen-bond donors (Lipinski definition) is 1. The standard InChI is InChI=1S/C16H20N4O/c1-4-9-17-15-11-18-13(10-19-15)16(21)20(3)14-8-6-5-7-12(14)2/h5-8,10-11H,4,9H2,1-3H3,(H,17,19). The Morgan fingerprint density at radius 1 is 1.24 bits per heavy atom. The number of hydrogen-bond acceptors (Lipinski definition) is 4. The van der Waals surface area contributed by atoms with Crippen LogP contribution in [0.5, 0.6) is 0 Å². The Hall–Kier alpha value is -2.43. The van der Waals surface area contributed by atoms with Gasteiger partial charge in [0.1, 0.15) is 11.5 Å². The Morgan fingerprint density at radius 2 is 2.00 bits per heavy atom. The summed E-state index contributed by atoms with van der Waals surface area (Å²) in [7, 11) is 1.75. The molecule has 0 aliphatic heterocycles. The fourth-order valence-electron chi connectivity index (χ4n) is 2.00. The number of carbonyl (C=O) groups is 1. The molecule has 1 aromatic carbocycles. The van der Waals surface area contributed by atoms with Gasteiger partial charge in [0.25, 0.3) is 5.91 Å². The first-order chi connectivity index (χ1) is 10.1. The average Bonchev–Trinajstić information content (AvgIpc) is 2.52. The van der Waals surface area contributed by atoms with Crippen molar-refractivity contribution in [3.05, 3.63) is 47.9 Å². The van der Waals surface area contributed by atoms with Crippen LogP contribution in [-0.4, -0.2) is 29.5 Å². The molecule has 2 aromatic rings. The van der Waals surface area contributed by atoms with Crippen LogP contribution in [0.1, 0.15) is 29.4 Å². The third kappa shape index (κ3) is 3.56. The fraction of sp³-hybridized carbons (Fsp3) is 0.312. The summed E-state index contributed by atoms with van der Waals surface area (Å²) >= 11 is 0. The van der Waals surface area contributed by atoms with Crippen molar-refractivity contribution in [2.75, 3.05) is 23.8 Å². The molecular formula is C16H20N4O. The van der Waals surface area contributed by atoms with E-state index in [4.69, 9.17) is 0 Å². The number of aryl methyl sites for hydroxylation is 1. The second-order valence-electron chi connectivity index (χ2n) is 4.86. The molecule has 0 unspecified atom stereocenters. The molecular weight excluding hydrogens is 264 g/mol. The predicted molar refractivity (Wildman–Crippen MR) is 84.7 cm³/mol. The quantitative estimate of drug-likeness (QED) is 0.917. The molecule has 0 saturated carbocycles. The van der Waals surface area contributed by atoms with Crippen LogP contribution in [0.2, 0.25) is 0 Å². The van der Waals surface area contributed by atoms with Crippen LogP contribution in [-0.2, 0) is 0 Å². The summed E-state index contributed by atoms with van der Waals surface area (Å²) in [6, 6.07) is 7.75. The molecule has 1 amide bonds. The van der Waals surface area contributed by atoms with Crippen molar-refractivity contribution in [3.63, 3.8) is 0 Å². The lowest BCUT2D eigenvalue weighted by Gasteiger charge is -2.18. The number of carbonyl (C=O) groups excluding carboxylic acids is 1. The molecule has 1 heterocycles. The van der Waals surface area contributed by atoms with Crippen LogP contribution in [0.15, 0.2) is 36.7 Å². The number of rotatable bonds is 5. The largest absolute Gasteiger partial charge is 0.369 e. The van der Waals surface area contributed by atoms with Gasteiger partial charge in [0, 0.05) is 19.3 Å². The highest BCUT2D eigenvalue weighted by molar-refractivity contribution is 6.04. The molecule has 0 aliphatic carbocycles. The van der Waals surface area contributed by atoms with E-state index >= 15 is 0 Å². The summed E-state index contributed by atoms with van der Waals surface area (Å²) in [5, 5.41) is 3.13. The van der Waals surface area contributed by atoms with Gasteiger partial charge in [-0.1, -0.05) is 25.1 Å². The second kappa shape index (κ2) is 6.83. The molecule has 5 heteroatoms. The highest BCUT2D eigenvalue weighted by atomic mass is 16.2. The monoisotopic (exact) mass is 284 g/mol. The molecule has 1 N–H and O–H groups in total. The Morgan fingerprint density at radius 3 is 2.62 bits per heavy atom. The van der Waals surface area contributed by atoms with Crippen LogP contribution < -0.4 is 10.2 Å². The molecule has 0 fully saturated rings. The van der Waals surface area contributed by atoms with Gasteiger partial charge in [-0.2, -0.15) is 0 Å². The number of anilines is 2. The zero-order valence-electron chi connectivity index (χ0n) is 12.6. The van der Waals surface area contributed by atoms with E-state index in [1.165, 1.54) is 6.20 Å². The molecule has 0 bridgehead atoms. The van der Waals surface area contributed by atoms with Gasteiger partial charge in [-0.05, 0) is 25.0 Å². The van der Waals surface area contributed by atoms with Crippen molar-refractivity contribution in [3.8, 4) is 0 Å². The summed E-state index contributed by atoms with van der Waals surface area (Å²) < 4.78 is 0. The van der Waals surface area contributed by atoms with Gasteiger partial charge >= 0.3 is 0 Å². The number of aromatic nitrogens is 2. The number of nitrogens with one attached hydrogen (secondary N) is 1. The first-order valence-corrected chi connectivity index (χ1v) is 7.03. The molecule has 1 aromatic heterocycles. The average molecular weight is 284 g/mol. The number of benzene rings is 1. The van der Waals surface area contributed by atoms with Crippen LogP contribution in [0.25, 0.3) is 0 Å². The van der Waals surface area contributed by atoms with Crippen molar-refractivity contribution in [1.29, 1.82) is 0 Å². The molecule has 110 valence electrons. The van der Waals surface area contributed by atoms with E-state index in [1.807, 2.05) is 31.2 Å². The lowest BCUT2D eigenvalue weighted by molar-refractivity contribution is 0.0988. The SMILES string of the molecule is CCCNc1cnc(C(=O)N(C)c2ccccc2C)cn1. The summed E-state index contributed by atoms with van der Waals surface area (Å²) in [6.07, 6.45) is 4.11. The maximum atomic E-state index is 12.4. The third-order valence-electron chi connectivity index (χ3n) is 3.21. The Balaban J connectivity index is 2.14. The van der Waals surface area contributed by atoms with E-state index in [0.717, 1.165) is 24.2 Å². The number of nitrogens with zero attached hydrogens (tertiary/aromatic N) is 3. The Bertz CT molecular complexity index is 610. The molecule has 0 aliphatic rings. The lowest BCUT2D eigenvalue weighted by Crippen LogP contribution is -2.27. The summed E-state index contributed by atoms with van der Waals surface area (Å²) in [6.45, 7) is 4.89. The zero-order chi connectivity index (χ0) is 15.2. The van der Waals surface area contributed by atoms with E-state index in [9.17, 15) is 4.79 Å². The van der Waals surface area contributed by atoms with Crippen molar-refractivity contribution in [1.82, 2.24) is 9.97 Å². The smallest absolute Gasteiger partial charge is 0.278 e. The highest BCUT2D eigenvalue weighted by Crippen LogP contribution is 2.19. The van der Waals surface area contributed by atoms with Gasteiger partial charge in [0.05, 0.1) is 12.4 Å². The molecule has 0 saturated heterocycles. The molecule has 5 nitrogen and oxygen atoms in total. The van der Waals surface area contributed by atoms with Gasteiger partial charge in [-0.25, -0.2) is 9.97 Å². The maximum Gasteiger partial charge on any atom is 0.278 e. The lowest BCUT2D eigenvalue weighted by atomic mass is 10.2. The van der Waals surface area contributed by atoms with Crippen molar-refractivity contribution >= 4 is 17.4 Å². The topological polar surface area (TPSA) is 58.1 Å². The van der Waals surface area contributed by atoms with Crippen LogP contribution in [0.3, 0.4) is 0 Å². The molecule has 0 radical (unpaired) electrons. The van der Waals surface area contributed by atoms with Gasteiger partial charge < -0.3 is 10.2 Å². The second-order valence-corrected chi connectivity index (χ2v) is 4.86. The number of amides is 1. The molecule has 21 heavy (non-hydrogen) atoms. The van der Waals surface area contributed by atoms with Crippen molar-refractivity contribution in [2.45, 2.75) is 20.3 Å². The zero-order valence-corrected chi connectivity index (χ0v) is 12.6. The normalized spacial score (nSPS) is 10.2. The van der Waals surface area contributed by atoms with Crippen LogP contribution in [0.4, 0.5) is 11.5 Å². The maximum absolute atomic E-state index is 12.4. The van der Waals surface area contributed by atoms with Gasteiger partial charge in [-0.3, -0.25) is 4.79 Å². The van der Waals surface area contributed by atoms with E-state index < -0.39 is 0 Å². The Labute approximate surface area is 125 Å². The van der Waals surface area contributed by atoms with E-state index in [0.29, 0.717) is 11.5 Å². The van der Waals surface area contributed by atoms with Crippen molar-refractivity contribution < 1.29 is 4.79 Å². The summed E-state index contributed by atoms with van der Waals surface area (Å²) in [5.74, 6) is 0.519. The van der Waals surface area contributed by atoms with Gasteiger partial charge in [-0.15, -0.1) is 0 Å². The fourth-order valence-corrected chi connectivity index (χ4v) is 2.00. The van der Waals surface area contributed by atoms with Crippen LogP contribution >= 0.6 is 0 Å². The summed E-state index contributed by atoms with van der Waals surface area (Å²) in [5.41, 5.74) is 2.25. The van der Waals surface area contributed by atoms with Gasteiger partial charge in [0.2, 0.25) is 0 Å². The van der Waals surface area contributed by atoms with Gasteiger partial charge in [0.15, 0.2) is 0 Å². The minimum absolute atomic E-state index is 0.168. The Kier molecular flexibility index (Phi) is 4.87. The molecule has 0 spiro atoms. The summed E-state index contributed by atoms with van der Waals surface area (Å²) in [4.78, 5) is 22.4. The van der Waals surface area contributed by atoms with Crippen molar-refractivity contribution in [2.24, 2.45) is 0 Å². The predicted octanol–water partition coefficient (Wildman–Crippen LogP) is 2.88. The highest BCUT2D eigenvalue weighted by Gasteiger charge is 2.16. The van der Waals surface area contributed by atoms with Crippen LogP contribution in [0, 0.1) is 6.92 Å². The number of para-hydroxylation sites is 1. The minimum atomic E-state index is -0.168. The molecule has 2 rings (SSSR count). The third-order valence-corrected chi connectivity index (χ3v) is 3.21. The minimum Gasteiger partial charge on any atom is -0.369 e. The first-order valence-electron chi connectivity index (χ1n) is 7.03. The van der Waals surface area contributed by atoms with E-state index in [1.54, 1.807) is 18.1 Å².